The molecule has 1 nitrogen and oxygen atoms in total. The second-order valence-electron chi connectivity index (χ2n) is 3.63. The number of rotatable bonds is 5. The topological polar surface area (TPSA) is 9.23 Å². The first-order valence-corrected chi connectivity index (χ1v) is 6.75. The molecule has 1 aromatic carbocycles. The maximum absolute atomic E-state index is 13.5. The third-order valence-corrected chi connectivity index (χ3v) is 3.42. The second kappa shape index (κ2) is 6.03. The third kappa shape index (κ3) is 3.45. The van der Waals surface area contributed by atoms with Crippen molar-refractivity contribution in [2.24, 2.45) is 0 Å². The molecule has 0 atom stereocenters. The van der Waals surface area contributed by atoms with Crippen LogP contribution in [-0.2, 0) is 12.3 Å². The minimum atomic E-state index is -0.353. The Morgan fingerprint density at radius 2 is 2.12 bits per heavy atom. The van der Waals surface area contributed by atoms with E-state index in [1.165, 1.54) is 11.6 Å². The van der Waals surface area contributed by atoms with Crippen molar-refractivity contribution in [3.63, 3.8) is 0 Å². The molecule has 0 radical (unpaired) electrons. The Balaban J connectivity index is 1.90. The van der Waals surface area contributed by atoms with Crippen LogP contribution >= 0.6 is 22.9 Å². The molecule has 0 spiro atoms. The zero-order chi connectivity index (χ0) is 12.1. The van der Waals surface area contributed by atoms with Gasteiger partial charge < -0.3 is 4.74 Å². The van der Waals surface area contributed by atoms with E-state index in [1.807, 2.05) is 11.4 Å². The molecule has 1 aromatic heterocycles. The lowest BCUT2D eigenvalue weighted by atomic mass is 10.2. The lowest BCUT2D eigenvalue weighted by Crippen LogP contribution is -2.02. The summed E-state index contributed by atoms with van der Waals surface area (Å²) in [6.45, 7) is 0.480. The van der Waals surface area contributed by atoms with Gasteiger partial charge in [-0.05, 0) is 40.1 Å². The van der Waals surface area contributed by atoms with Gasteiger partial charge in [0.1, 0.15) is 0 Å². The van der Waals surface area contributed by atoms with Crippen molar-refractivity contribution >= 4 is 22.9 Å². The quantitative estimate of drug-likeness (QED) is 0.738. The summed E-state index contributed by atoms with van der Waals surface area (Å²) in [5.74, 6) is 0.245. The highest BCUT2D eigenvalue weighted by Gasteiger charge is 2.04. The Labute approximate surface area is 109 Å². The zero-order valence-electron chi connectivity index (χ0n) is 9.16. The van der Waals surface area contributed by atoms with Crippen LogP contribution in [0.5, 0.6) is 5.75 Å². The predicted octanol–water partition coefficient (Wildman–Crippen LogP) is 4.25. The maximum Gasteiger partial charge on any atom is 0.165 e. The summed E-state index contributed by atoms with van der Waals surface area (Å²) < 4.78 is 18.9. The second-order valence-corrected chi connectivity index (χ2v) is 4.68. The van der Waals surface area contributed by atoms with E-state index >= 15 is 0 Å². The molecule has 0 aliphatic rings. The van der Waals surface area contributed by atoms with Gasteiger partial charge in [-0.25, -0.2) is 4.39 Å². The van der Waals surface area contributed by atoms with E-state index in [-0.39, 0.29) is 11.6 Å². The average Bonchev–Trinajstić information content (AvgIpc) is 2.84. The summed E-state index contributed by atoms with van der Waals surface area (Å²) in [5.41, 5.74) is 1.97. The molecule has 0 fully saturated rings. The fraction of sp³-hybridized carbons (Fsp3) is 0.231. The summed E-state index contributed by atoms with van der Waals surface area (Å²) in [4.78, 5) is 0. The highest BCUT2D eigenvalue weighted by Crippen LogP contribution is 2.19. The van der Waals surface area contributed by atoms with E-state index in [2.05, 4.69) is 5.38 Å². The summed E-state index contributed by atoms with van der Waals surface area (Å²) in [6.07, 6.45) is 0.792. The average molecular weight is 271 g/mol. The van der Waals surface area contributed by atoms with Crippen molar-refractivity contribution in [1.29, 1.82) is 0 Å². The van der Waals surface area contributed by atoms with Crippen LogP contribution in [0.1, 0.15) is 11.1 Å². The number of benzene rings is 1. The molecule has 0 N–H and O–H groups in total. The first-order valence-electron chi connectivity index (χ1n) is 5.28. The molecule has 0 aliphatic heterocycles. The molecule has 0 saturated carbocycles. The van der Waals surface area contributed by atoms with E-state index in [4.69, 9.17) is 16.3 Å². The van der Waals surface area contributed by atoms with Crippen LogP contribution in [0.15, 0.2) is 35.0 Å². The number of alkyl halides is 1. The molecule has 2 rings (SSSR count). The highest BCUT2D eigenvalue weighted by atomic mass is 35.5. The molecule has 0 aliphatic carbocycles. The highest BCUT2D eigenvalue weighted by molar-refractivity contribution is 7.07. The lowest BCUT2D eigenvalue weighted by molar-refractivity contribution is 0.305. The molecule has 17 heavy (non-hydrogen) atoms. The van der Waals surface area contributed by atoms with Gasteiger partial charge in [-0.1, -0.05) is 6.07 Å². The minimum Gasteiger partial charge on any atom is -0.490 e. The lowest BCUT2D eigenvalue weighted by Gasteiger charge is -2.07. The first kappa shape index (κ1) is 12.4. The van der Waals surface area contributed by atoms with Gasteiger partial charge in [-0.15, -0.1) is 11.6 Å². The van der Waals surface area contributed by atoms with Gasteiger partial charge in [0.25, 0.3) is 0 Å². The van der Waals surface area contributed by atoms with E-state index in [0.29, 0.717) is 12.5 Å². The smallest absolute Gasteiger partial charge is 0.165 e. The molecule has 1 heterocycles. The van der Waals surface area contributed by atoms with Crippen LogP contribution in [0, 0.1) is 5.82 Å². The molecule has 0 unspecified atom stereocenters. The monoisotopic (exact) mass is 270 g/mol. The maximum atomic E-state index is 13.5. The van der Waals surface area contributed by atoms with Gasteiger partial charge in [-0.3, -0.25) is 0 Å². The Bertz CT molecular complexity index is 470. The standard InChI is InChI=1S/C13H12ClFOS/c14-8-11-1-2-13(12(15)7-11)16-5-3-10-4-6-17-9-10/h1-2,4,6-7,9H,3,5,8H2. The van der Waals surface area contributed by atoms with Gasteiger partial charge in [0.05, 0.1) is 6.61 Å². The molecule has 0 saturated heterocycles. The van der Waals surface area contributed by atoms with Crippen LogP contribution < -0.4 is 4.74 Å². The van der Waals surface area contributed by atoms with E-state index < -0.39 is 0 Å². The predicted molar refractivity (Wildman–Crippen MR) is 69.5 cm³/mol. The van der Waals surface area contributed by atoms with E-state index in [9.17, 15) is 4.39 Å². The van der Waals surface area contributed by atoms with Crippen molar-refractivity contribution in [1.82, 2.24) is 0 Å². The molecule has 2 aromatic rings. The van der Waals surface area contributed by atoms with E-state index in [0.717, 1.165) is 12.0 Å². The van der Waals surface area contributed by atoms with Crippen LogP contribution in [0.25, 0.3) is 0 Å². The Hall–Kier alpha value is -1.06. The fourth-order valence-electron chi connectivity index (χ4n) is 1.46. The van der Waals surface area contributed by atoms with Crippen molar-refractivity contribution < 1.29 is 9.13 Å². The number of hydrogen-bond acceptors (Lipinski definition) is 2. The largest absolute Gasteiger partial charge is 0.490 e. The molecule has 0 bridgehead atoms. The number of thiophene rings is 1. The van der Waals surface area contributed by atoms with Crippen LogP contribution in [0.4, 0.5) is 4.39 Å². The van der Waals surface area contributed by atoms with Crippen LogP contribution in [0.3, 0.4) is 0 Å². The van der Waals surface area contributed by atoms with E-state index in [1.54, 1.807) is 23.5 Å². The first-order chi connectivity index (χ1) is 8.29. The van der Waals surface area contributed by atoms with Crippen molar-refractivity contribution in [2.45, 2.75) is 12.3 Å². The summed E-state index contributed by atoms with van der Waals surface area (Å²) in [5, 5.41) is 4.08. The number of hydrogen-bond donors (Lipinski definition) is 0. The number of ether oxygens (including phenoxy) is 1. The van der Waals surface area contributed by atoms with Gasteiger partial charge >= 0.3 is 0 Å². The minimum absolute atomic E-state index is 0.286. The molecule has 4 heteroatoms. The molecule has 0 amide bonds. The van der Waals surface area contributed by atoms with Crippen LogP contribution in [-0.4, -0.2) is 6.61 Å². The third-order valence-electron chi connectivity index (χ3n) is 2.38. The Kier molecular flexibility index (Phi) is 4.40. The summed E-state index contributed by atoms with van der Waals surface area (Å²) >= 11 is 7.27. The van der Waals surface area contributed by atoms with Crippen molar-refractivity contribution in [2.75, 3.05) is 6.61 Å². The summed E-state index contributed by atoms with van der Waals surface area (Å²) in [6, 6.07) is 6.85. The van der Waals surface area contributed by atoms with Gasteiger partial charge in [0.2, 0.25) is 0 Å². The van der Waals surface area contributed by atoms with Gasteiger partial charge in [0, 0.05) is 12.3 Å². The fourth-order valence-corrected chi connectivity index (χ4v) is 2.33. The Morgan fingerprint density at radius 3 is 2.76 bits per heavy atom. The van der Waals surface area contributed by atoms with Gasteiger partial charge in [-0.2, -0.15) is 11.3 Å². The van der Waals surface area contributed by atoms with Gasteiger partial charge in [0.15, 0.2) is 11.6 Å². The SMILES string of the molecule is Fc1cc(CCl)ccc1OCCc1ccsc1. The normalized spacial score (nSPS) is 10.5. The van der Waals surface area contributed by atoms with Crippen molar-refractivity contribution in [3.8, 4) is 5.75 Å². The number of halogens is 2. The van der Waals surface area contributed by atoms with Crippen LogP contribution in [0.2, 0.25) is 0 Å². The molecular formula is C13H12ClFOS. The Morgan fingerprint density at radius 1 is 1.24 bits per heavy atom. The zero-order valence-corrected chi connectivity index (χ0v) is 10.7. The molecule has 90 valence electrons. The molecular weight excluding hydrogens is 259 g/mol. The van der Waals surface area contributed by atoms with Crippen molar-refractivity contribution in [3.05, 3.63) is 52.0 Å². The summed E-state index contributed by atoms with van der Waals surface area (Å²) in [7, 11) is 0.